The van der Waals surface area contributed by atoms with Crippen LogP contribution in [-0.4, -0.2) is 10.2 Å². The van der Waals surface area contributed by atoms with Gasteiger partial charge in [-0.05, 0) is 0 Å². The minimum absolute atomic E-state index is 1.33. The van der Waals surface area contributed by atoms with Gasteiger partial charge < -0.3 is 0 Å². The van der Waals surface area contributed by atoms with Crippen LogP contribution in [-0.2, 0) is 0 Å². The molecule has 0 rings (SSSR count). The smallest absolute Gasteiger partial charge is 0.00795 e. The van der Waals surface area contributed by atoms with Crippen LogP contribution in [0.15, 0.2) is 0 Å². The first kappa shape index (κ1) is 4.22. The molecule has 0 unspecified atom stereocenters. The zero-order valence-corrected chi connectivity index (χ0v) is 4.54. The predicted octanol–water partition coefficient (Wildman–Crippen LogP) is 0.448. The average Bonchev–Trinajstić information content (AvgIpc) is 1.37. The largest absolute Gasteiger partial charge is 0.0657 e. The summed E-state index contributed by atoms with van der Waals surface area (Å²) in [6.45, 7) is 2.19. The molecule has 0 aliphatic heterocycles. The topological polar surface area (TPSA) is 0 Å². The van der Waals surface area contributed by atoms with Crippen molar-refractivity contribution in [2.75, 3.05) is 0 Å². The lowest BCUT2D eigenvalue weighted by Gasteiger charge is -1.67. The van der Waals surface area contributed by atoms with Gasteiger partial charge in [0.15, 0.2) is 0 Å². The van der Waals surface area contributed by atoms with Crippen LogP contribution < -0.4 is 0 Å². The summed E-state index contributed by atoms with van der Waals surface area (Å²) in [5.41, 5.74) is 0. The molecule has 0 N–H and O–H groups in total. The van der Waals surface area contributed by atoms with Crippen molar-refractivity contribution in [2.24, 2.45) is 0 Å². The van der Waals surface area contributed by atoms with Gasteiger partial charge in [0.05, 0.1) is 0 Å². The Kier molecular flexibility index (Phi) is 3.39. The molecule has 0 bridgehead atoms. The zero-order valence-electron chi connectivity index (χ0n) is 3.12. The molecule has 0 aromatic heterocycles. The van der Waals surface area contributed by atoms with Crippen LogP contribution in [0.1, 0.15) is 13.3 Å². The molecule has 0 saturated carbocycles. The summed E-state index contributed by atoms with van der Waals surface area (Å²) >= 11 is 0. The van der Waals surface area contributed by atoms with E-state index in [0.29, 0.717) is 0 Å². The first-order valence-corrected chi connectivity index (χ1v) is 2.71. The first-order valence-electron chi connectivity index (χ1n) is 1.71. The van der Waals surface area contributed by atoms with Crippen molar-refractivity contribution < 1.29 is 0 Å². The Morgan fingerprint density at radius 1 is 1.75 bits per heavy atom. The van der Waals surface area contributed by atoms with Gasteiger partial charge in [0.2, 0.25) is 0 Å². The van der Waals surface area contributed by atoms with E-state index in [1.54, 1.807) is 0 Å². The summed E-state index contributed by atoms with van der Waals surface area (Å²) in [5.74, 6) is 0. The lowest BCUT2D eigenvalue weighted by Crippen LogP contribution is -1.55. The lowest BCUT2D eigenvalue weighted by molar-refractivity contribution is 1.08. The van der Waals surface area contributed by atoms with E-state index in [0.717, 1.165) is 0 Å². The maximum Gasteiger partial charge on any atom is 0.00795 e. The van der Waals surface area contributed by atoms with E-state index in [1.807, 2.05) is 10.2 Å². The van der Waals surface area contributed by atoms with Gasteiger partial charge in [-0.25, -0.2) is 0 Å². The van der Waals surface area contributed by atoms with Gasteiger partial charge in [0, 0.05) is 10.2 Å². The first-order chi connectivity index (χ1) is 1.91. The van der Waals surface area contributed by atoms with E-state index in [4.69, 9.17) is 0 Å². The van der Waals surface area contributed by atoms with Crippen molar-refractivity contribution in [2.45, 2.75) is 19.4 Å². The summed E-state index contributed by atoms with van der Waals surface area (Å²) < 4.78 is 0. The molecule has 1 heteroatoms. The molecule has 0 spiro atoms. The molecular formula is C3H9Si. The quantitative estimate of drug-likeness (QED) is 0.395. The van der Waals surface area contributed by atoms with E-state index in [-0.39, 0.29) is 0 Å². The molecule has 0 aliphatic carbocycles. The maximum atomic E-state index is 2.19. The van der Waals surface area contributed by atoms with Crippen LogP contribution in [0.5, 0.6) is 0 Å². The zero-order chi connectivity index (χ0) is 3.41. The van der Waals surface area contributed by atoms with Crippen LogP contribution in [0, 0.1) is 0 Å². The molecule has 0 amide bonds. The SMILES string of the molecule is CCC[SiH2]. The van der Waals surface area contributed by atoms with Crippen molar-refractivity contribution in [1.82, 2.24) is 0 Å². The molecule has 1 radical (unpaired) electrons. The molecule has 25 valence electrons. The third-order valence-corrected chi connectivity index (χ3v) is 1.06. The van der Waals surface area contributed by atoms with Gasteiger partial charge >= 0.3 is 0 Å². The Bertz CT molecular complexity index is 5.25. The van der Waals surface area contributed by atoms with Gasteiger partial charge in [0.25, 0.3) is 0 Å². The molecule has 4 heavy (non-hydrogen) atoms. The lowest BCUT2D eigenvalue weighted by atomic mass is 10.6. The predicted molar refractivity (Wildman–Crippen MR) is 23.6 cm³/mol. The maximum absolute atomic E-state index is 2.19. The van der Waals surface area contributed by atoms with Crippen LogP contribution in [0.25, 0.3) is 0 Å². The Hall–Kier alpha value is 0.217. The molecule has 0 heterocycles. The summed E-state index contributed by atoms with van der Waals surface area (Å²) in [6.07, 6.45) is 1.33. The third-order valence-electron chi connectivity index (χ3n) is 0.354. The standard InChI is InChI=1S/C3H9Si/c1-2-3-4/h2-4H2,1H3. The molecule has 0 aromatic rings. The van der Waals surface area contributed by atoms with E-state index < -0.39 is 0 Å². The normalized spacial score (nSPS) is 7.50. The van der Waals surface area contributed by atoms with Crippen LogP contribution in [0.4, 0.5) is 0 Å². The van der Waals surface area contributed by atoms with Gasteiger partial charge in [-0.15, -0.1) is 0 Å². The molecule has 0 aromatic carbocycles. The number of rotatable bonds is 1. The highest BCUT2D eigenvalue weighted by Gasteiger charge is 1.57. The highest BCUT2D eigenvalue weighted by atomic mass is 28.1. The van der Waals surface area contributed by atoms with Crippen molar-refractivity contribution in [3.05, 3.63) is 0 Å². The summed E-state index contributed by atoms with van der Waals surface area (Å²) in [6, 6.07) is 1.35. The van der Waals surface area contributed by atoms with Gasteiger partial charge in [-0.1, -0.05) is 19.4 Å². The number of hydrogen-bond donors (Lipinski definition) is 0. The van der Waals surface area contributed by atoms with Crippen molar-refractivity contribution >= 4 is 10.2 Å². The van der Waals surface area contributed by atoms with Gasteiger partial charge in [-0.3, -0.25) is 0 Å². The fourth-order valence-electron chi connectivity index (χ4n) is 0. The molecule has 0 aliphatic rings. The molecule has 0 fully saturated rings. The van der Waals surface area contributed by atoms with E-state index in [2.05, 4.69) is 6.92 Å². The van der Waals surface area contributed by atoms with Gasteiger partial charge in [0.1, 0.15) is 0 Å². The van der Waals surface area contributed by atoms with Crippen LogP contribution >= 0.6 is 0 Å². The third kappa shape index (κ3) is 2.22. The van der Waals surface area contributed by atoms with Crippen molar-refractivity contribution in [3.63, 3.8) is 0 Å². The fourth-order valence-corrected chi connectivity index (χ4v) is 0. The number of hydrogen-bond acceptors (Lipinski definition) is 0. The second-order valence-corrected chi connectivity index (χ2v) is 1.56. The second kappa shape index (κ2) is 3.22. The highest BCUT2D eigenvalue weighted by molar-refractivity contribution is 6.08. The highest BCUT2D eigenvalue weighted by Crippen LogP contribution is 1.73. The Balaban J connectivity index is 1.97. The fraction of sp³-hybridized carbons (Fsp3) is 1.00. The second-order valence-electron chi connectivity index (χ2n) is 0.854. The summed E-state index contributed by atoms with van der Waals surface area (Å²) in [7, 11) is 2.02. The van der Waals surface area contributed by atoms with Crippen LogP contribution in [0.2, 0.25) is 6.04 Å². The van der Waals surface area contributed by atoms with Crippen LogP contribution in [0.3, 0.4) is 0 Å². The van der Waals surface area contributed by atoms with E-state index in [1.165, 1.54) is 12.5 Å². The minimum Gasteiger partial charge on any atom is -0.0657 e. The molecule has 0 saturated heterocycles. The van der Waals surface area contributed by atoms with E-state index in [9.17, 15) is 0 Å². The minimum atomic E-state index is 1.33. The van der Waals surface area contributed by atoms with Gasteiger partial charge in [-0.2, -0.15) is 0 Å². The Labute approximate surface area is 30.6 Å². The average molecular weight is 73.2 g/mol. The van der Waals surface area contributed by atoms with Crippen molar-refractivity contribution in [1.29, 1.82) is 0 Å². The molecule has 0 nitrogen and oxygen atoms in total. The molecular weight excluding hydrogens is 64.1 g/mol. The van der Waals surface area contributed by atoms with Crippen molar-refractivity contribution in [3.8, 4) is 0 Å². The monoisotopic (exact) mass is 73.0 g/mol. The molecule has 0 atom stereocenters. The Morgan fingerprint density at radius 3 is 2.00 bits per heavy atom. The summed E-state index contributed by atoms with van der Waals surface area (Å²) in [4.78, 5) is 0. The summed E-state index contributed by atoms with van der Waals surface area (Å²) in [5, 5.41) is 0. The van der Waals surface area contributed by atoms with E-state index >= 15 is 0 Å². The Morgan fingerprint density at radius 2 is 2.00 bits per heavy atom.